The maximum absolute atomic E-state index is 14.3. The normalized spacial score (nSPS) is 11.1. The molecule has 6 heteroatoms. The molecule has 0 unspecified atom stereocenters. The molecule has 2 heterocycles. The number of rotatable bonds is 8. The quantitative estimate of drug-likeness (QED) is 0.325. The largest absolute Gasteiger partial charge is 0.491 e. The number of nitrogens with zero attached hydrogens (tertiary/aromatic N) is 1. The van der Waals surface area contributed by atoms with E-state index in [4.69, 9.17) is 9.15 Å². The van der Waals surface area contributed by atoms with Crippen LogP contribution in [0.4, 0.5) is 15.2 Å². The summed E-state index contributed by atoms with van der Waals surface area (Å²) >= 11 is 1.44. The molecule has 2 aromatic carbocycles. The second-order valence-corrected chi connectivity index (χ2v) is 7.37. The number of ether oxygens (including phenoxy) is 1. The summed E-state index contributed by atoms with van der Waals surface area (Å²) < 4.78 is 25.6. The number of fused-ring (bicyclic) bond motifs is 1. The minimum atomic E-state index is -0.379. The first-order valence-corrected chi connectivity index (χ1v) is 10.2. The standard InChI is InChI=1S/C22H21FN2O2S/c1-2-3-6-11-26-20-10-9-16(13-17(20)23)24-22-25-18(14-28-22)21-12-15-7-4-5-8-19(15)27-21/h4-5,7-10,12-14H,2-3,6,11H2,1H3,(H,24,25). The molecular formula is C22H21FN2O2S. The van der Waals surface area contributed by atoms with Crippen LogP contribution in [0.3, 0.4) is 0 Å². The van der Waals surface area contributed by atoms with Crippen molar-refractivity contribution in [1.82, 2.24) is 4.98 Å². The van der Waals surface area contributed by atoms with Gasteiger partial charge in [-0.05, 0) is 30.7 Å². The summed E-state index contributed by atoms with van der Waals surface area (Å²) in [4.78, 5) is 4.55. The highest BCUT2D eigenvalue weighted by Gasteiger charge is 2.11. The maximum atomic E-state index is 14.3. The number of nitrogens with one attached hydrogen (secondary N) is 1. The average Bonchev–Trinajstić information content (AvgIpc) is 3.33. The zero-order valence-corrected chi connectivity index (χ0v) is 16.4. The highest BCUT2D eigenvalue weighted by Crippen LogP contribution is 2.32. The SMILES string of the molecule is CCCCCOc1ccc(Nc2nc(-c3cc4ccccc4o3)cs2)cc1F. The Kier molecular flexibility index (Phi) is 5.58. The van der Waals surface area contributed by atoms with Crippen molar-refractivity contribution in [2.24, 2.45) is 0 Å². The molecule has 4 rings (SSSR count). The van der Waals surface area contributed by atoms with Gasteiger partial charge in [0.05, 0.1) is 6.61 Å². The summed E-state index contributed by atoms with van der Waals surface area (Å²) in [7, 11) is 0. The number of aromatic nitrogens is 1. The summed E-state index contributed by atoms with van der Waals surface area (Å²) in [6, 6.07) is 14.7. The van der Waals surface area contributed by atoms with Crippen LogP contribution < -0.4 is 10.1 Å². The van der Waals surface area contributed by atoms with E-state index >= 15 is 0 Å². The van der Waals surface area contributed by atoms with E-state index in [9.17, 15) is 4.39 Å². The van der Waals surface area contributed by atoms with E-state index < -0.39 is 0 Å². The molecule has 0 aliphatic carbocycles. The van der Waals surface area contributed by atoms with Crippen LogP contribution in [0.2, 0.25) is 0 Å². The second kappa shape index (κ2) is 8.44. The molecule has 0 atom stereocenters. The molecule has 28 heavy (non-hydrogen) atoms. The van der Waals surface area contributed by atoms with E-state index in [2.05, 4.69) is 17.2 Å². The Hall–Kier alpha value is -2.86. The van der Waals surface area contributed by atoms with Gasteiger partial charge in [-0.3, -0.25) is 0 Å². The molecule has 0 saturated carbocycles. The number of unbranched alkanes of at least 4 members (excludes halogenated alkanes) is 2. The van der Waals surface area contributed by atoms with Gasteiger partial charge in [-0.15, -0.1) is 11.3 Å². The van der Waals surface area contributed by atoms with Crippen LogP contribution in [-0.4, -0.2) is 11.6 Å². The van der Waals surface area contributed by atoms with E-state index in [1.54, 1.807) is 12.1 Å². The average molecular weight is 396 g/mol. The van der Waals surface area contributed by atoms with Gasteiger partial charge in [0.1, 0.15) is 11.3 Å². The van der Waals surface area contributed by atoms with Crippen LogP contribution in [0.5, 0.6) is 5.75 Å². The third-order valence-electron chi connectivity index (χ3n) is 4.37. The van der Waals surface area contributed by atoms with Gasteiger partial charge in [-0.1, -0.05) is 38.0 Å². The third kappa shape index (κ3) is 4.17. The second-order valence-electron chi connectivity index (χ2n) is 6.51. The first kappa shape index (κ1) is 18.5. The molecule has 4 aromatic rings. The first-order chi connectivity index (χ1) is 13.7. The Labute approximate surface area is 167 Å². The summed E-state index contributed by atoms with van der Waals surface area (Å²) in [5.41, 5.74) is 2.21. The van der Waals surface area contributed by atoms with Crippen molar-refractivity contribution in [3.8, 4) is 17.2 Å². The molecule has 0 fully saturated rings. The van der Waals surface area contributed by atoms with Crippen LogP contribution >= 0.6 is 11.3 Å². The van der Waals surface area contributed by atoms with Crippen LogP contribution in [0.1, 0.15) is 26.2 Å². The smallest absolute Gasteiger partial charge is 0.187 e. The molecule has 0 amide bonds. The van der Waals surface area contributed by atoms with Crippen LogP contribution in [0.15, 0.2) is 58.3 Å². The van der Waals surface area contributed by atoms with Gasteiger partial charge in [-0.2, -0.15) is 0 Å². The molecule has 0 bridgehead atoms. The number of hydrogen-bond donors (Lipinski definition) is 1. The van der Waals surface area contributed by atoms with Crippen LogP contribution in [-0.2, 0) is 0 Å². The Balaban J connectivity index is 1.44. The number of halogens is 1. The molecule has 1 N–H and O–H groups in total. The maximum Gasteiger partial charge on any atom is 0.187 e. The van der Waals surface area contributed by atoms with E-state index in [0.29, 0.717) is 23.2 Å². The zero-order valence-electron chi connectivity index (χ0n) is 15.6. The lowest BCUT2D eigenvalue weighted by Crippen LogP contribution is -1.99. The highest BCUT2D eigenvalue weighted by molar-refractivity contribution is 7.14. The number of para-hydroxylation sites is 1. The number of furan rings is 1. The van der Waals surface area contributed by atoms with Crippen molar-refractivity contribution in [1.29, 1.82) is 0 Å². The summed E-state index contributed by atoms with van der Waals surface area (Å²) in [6.45, 7) is 2.66. The Morgan fingerprint density at radius 2 is 2.04 bits per heavy atom. The van der Waals surface area contributed by atoms with Gasteiger partial charge in [0, 0.05) is 22.5 Å². The van der Waals surface area contributed by atoms with Crippen LogP contribution in [0.25, 0.3) is 22.4 Å². The molecule has 4 nitrogen and oxygen atoms in total. The Bertz CT molecular complexity index is 1040. The lowest BCUT2D eigenvalue weighted by Gasteiger charge is -2.09. The molecule has 0 saturated heterocycles. The van der Waals surface area contributed by atoms with E-state index in [1.165, 1.54) is 17.4 Å². The Morgan fingerprint density at radius 3 is 2.86 bits per heavy atom. The first-order valence-electron chi connectivity index (χ1n) is 9.37. The van der Waals surface area contributed by atoms with Crippen molar-refractivity contribution >= 4 is 33.1 Å². The molecular weight excluding hydrogens is 375 g/mol. The monoisotopic (exact) mass is 396 g/mol. The number of benzene rings is 2. The van der Waals surface area contributed by atoms with Crippen LogP contribution in [0, 0.1) is 5.82 Å². The Morgan fingerprint density at radius 1 is 1.14 bits per heavy atom. The van der Waals surface area contributed by atoms with Crippen molar-refractivity contribution in [2.75, 3.05) is 11.9 Å². The molecule has 144 valence electrons. The summed E-state index contributed by atoms with van der Waals surface area (Å²) in [5, 5.41) is 6.77. The predicted molar refractivity (Wildman–Crippen MR) is 112 cm³/mol. The van der Waals surface area contributed by atoms with Crippen molar-refractivity contribution < 1.29 is 13.5 Å². The van der Waals surface area contributed by atoms with E-state index in [1.807, 2.05) is 35.7 Å². The fourth-order valence-corrected chi connectivity index (χ4v) is 3.63. The topological polar surface area (TPSA) is 47.3 Å². The molecule has 0 aliphatic heterocycles. The van der Waals surface area contributed by atoms with Crippen molar-refractivity contribution in [3.63, 3.8) is 0 Å². The fraction of sp³-hybridized carbons (Fsp3) is 0.227. The van der Waals surface area contributed by atoms with Gasteiger partial charge in [0.2, 0.25) is 0 Å². The van der Waals surface area contributed by atoms with Gasteiger partial charge in [0.15, 0.2) is 22.5 Å². The zero-order chi connectivity index (χ0) is 19.3. The number of anilines is 2. The minimum absolute atomic E-state index is 0.281. The minimum Gasteiger partial charge on any atom is -0.491 e. The summed E-state index contributed by atoms with van der Waals surface area (Å²) in [6.07, 6.45) is 3.12. The lowest BCUT2D eigenvalue weighted by molar-refractivity contribution is 0.291. The van der Waals surface area contributed by atoms with Gasteiger partial charge < -0.3 is 14.5 Å². The van der Waals surface area contributed by atoms with Crippen molar-refractivity contribution in [2.45, 2.75) is 26.2 Å². The molecule has 0 spiro atoms. The van der Waals surface area contributed by atoms with Crippen molar-refractivity contribution in [3.05, 3.63) is 59.7 Å². The summed E-state index contributed by atoms with van der Waals surface area (Å²) in [5.74, 6) is 0.617. The molecule has 0 aliphatic rings. The molecule has 2 aromatic heterocycles. The predicted octanol–water partition coefficient (Wildman–Crippen LogP) is 7.01. The number of thiazole rings is 1. The van der Waals surface area contributed by atoms with Gasteiger partial charge >= 0.3 is 0 Å². The lowest BCUT2D eigenvalue weighted by atomic mass is 10.2. The number of hydrogen-bond acceptors (Lipinski definition) is 5. The van der Waals surface area contributed by atoms with Gasteiger partial charge in [0.25, 0.3) is 0 Å². The van der Waals surface area contributed by atoms with E-state index in [-0.39, 0.29) is 11.6 Å². The third-order valence-corrected chi connectivity index (χ3v) is 5.13. The van der Waals surface area contributed by atoms with Gasteiger partial charge in [-0.25, -0.2) is 9.37 Å². The fourth-order valence-electron chi connectivity index (χ4n) is 2.91. The molecule has 0 radical (unpaired) electrons. The van der Waals surface area contributed by atoms with E-state index in [0.717, 1.165) is 35.9 Å². The highest BCUT2D eigenvalue weighted by atomic mass is 32.1.